The Labute approximate surface area is 189 Å². The van der Waals surface area contributed by atoms with Crippen molar-refractivity contribution >= 4 is 27.9 Å². The molecule has 164 valence electrons. The molecule has 4 heterocycles. The van der Waals surface area contributed by atoms with Crippen LogP contribution in [0.4, 0.5) is 5.95 Å². The first-order valence-electron chi connectivity index (χ1n) is 11.0. The molecule has 3 aromatic heterocycles. The summed E-state index contributed by atoms with van der Waals surface area (Å²) in [5, 5.41) is 14.7. The number of nitrogens with one attached hydrogen (secondary N) is 1. The third-order valence-electron chi connectivity index (χ3n) is 5.89. The van der Waals surface area contributed by atoms with Gasteiger partial charge in [-0.1, -0.05) is 24.3 Å². The molecular formula is C25H22N6O2. The molecular weight excluding hydrogens is 416 g/mol. The van der Waals surface area contributed by atoms with Gasteiger partial charge in [0.2, 0.25) is 5.95 Å². The van der Waals surface area contributed by atoms with Crippen molar-refractivity contribution in [3.8, 4) is 23.1 Å². The third-order valence-corrected chi connectivity index (χ3v) is 5.89. The van der Waals surface area contributed by atoms with Gasteiger partial charge in [0, 0.05) is 36.9 Å². The highest BCUT2D eigenvalue weighted by Gasteiger charge is 2.19. The summed E-state index contributed by atoms with van der Waals surface area (Å²) in [6, 6.07) is 19.2. The van der Waals surface area contributed by atoms with Gasteiger partial charge in [0.15, 0.2) is 5.82 Å². The van der Waals surface area contributed by atoms with Gasteiger partial charge in [-0.25, -0.2) is 15.0 Å². The molecule has 0 radical (unpaired) electrons. The zero-order chi connectivity index (χ0) is 22.2. The summed E-state index contributed by atoms with van der Waals surface area (Å²) in [5.41, 5.74) is 3.11. The Balaban J connectivity index is 1.49. The summed E-state index contributed by atoms with van der Waals surface area (Å²) in [4.78, 5) is 18.9. The molecule has 0 saturated carbocycles. The summed E-state index contributed by atoms with van der Waals surface area (Å²) in [5.74, 6) is 2.02. The molecule has 33 heavy (non-hydrogen) atoms. The third kappa shape index (κ3) is 3.74. The van der Waals surface area contributed by atoms with Gasteiger partial charge in [0.1, 0.15) is 17.3 Å². The van der Waals surface area contributed by atoms with Crippen molar-refractivity contribution in [2.24, 2.45) is 0 Å². The molecule has 0 atom stereocenters. The number of benzene rings is 2. The van der Waals surface area contributed by atoms with E-state index in [-0.39, 0.29) is 11.8 Å². The van der Waals surface area contributed by atoms with Gasteiger partial charge in [-0.3, -0.25) is 4.57 Å². The normalized spacial score (nSPS) is 14.7. The number of hydrogen-bond donors (Lipinski definition) is 2. The Morgan fingerprint density at radius 2 is 1.79 bits per heavy atom. The van der Waals surface area contributed by atoms with E-state index in [1.165, 1.54) is 0 Å². The number of para-hydroxylation sites is 1. The van der Waals surface area contributed by atoms with Gasteiger partial charge in [0.25, 0.3) is 0 Å². The highest BCUT2D eigenvalue weighted by molar-refractivity contribution is 5.85. The van der Waals surface area contributed by atoms with Crippen molar-refractivity contribution in [3.63, 3.8) is 0 Å². The second-order valence-corrected chi connectivity index (χ2v) is 8.10. The van der Waals surface area contributed by atoms with Crippen LogP contribution in [-0.4, -0.2) is 48.9 Å². The highest BCUT2D eigenvalue weighted by Crippen LogP contribution is 2.30. The number of phenols is 1. The number of imidazole rings is 1. The first-order chi connectivity index (χ1) is 16.2. The highest BCUT2D eigenvalue weighted by atomic mass is 16.5. The number of ether oxygens (including phenoxy) is 1. The van der Waals surface area contributed by atoms with E-state index in [1.54, 1.807) is 24.4 Å². The van der Waals surface area contributed by atoms with Crippen LogP contribution in [0.25, 0.3) is 39.3 Å². The summed E-state index contributed by atoms with van der Waals surface area (Å²) in [6.07, 6.45) is 3.57. The van der Waals surface area contributed by atoms with Crippen molar-refractivity contribution < 1.29 is 9.84 Å². The first kappa shape index (κ1) is 19.6. The first-order valence-corrected chi connectivity index (χ1v) is 11.0. The van der Waals surface area contributed by atoms with Crippen LogP contribution in [-0.2, 0) is 4.74 Å². The van der Waals surface area contributed by atoms with E-state index in [0.29, 0.717) is 17.6 Å². The predicted octanol–water partition coefficient (Wildman–Crippen LogP) is 4.33. The zero-order valence-corrected chi connectivity index (χ0v) is 17.8. The topological polar surface area (TPSA) is 98.0 Å². The van der Waals surface area contributed by atoms with Gasteiger partial charge < -0.3 is 15.2 Å². The number of hydrogen-bond acceptors (Lipinski definition) is 7. The van der Waals surface area contributed by atoms with Crippen molar-refractivity contribution in [2.45, 2.75) is 18.9 Å². The number of aromatic nitrogens is 5. The summed E-state index contributed by atoms with van der Waals surface area (Å²) in [6.45, 7) is 1.47. The van der Waals surface area contributed by atoms with Crippen LogP contribution in [0.1, 0.15) is 12.8 Å². The lowest BCUT2D eigenvalue weighted by molar-refractivity contribution is 0.0903. The fourth-order valence-corrected chi connectivity index (χ4v) is 4.23. The standard InChI is InChI=1S/C25H22N6O2/c32-18-6-8-20-22(15-18)31(23-9-12-26-25(30-23)27-17-10-13-33-14-11-17)24(29-20)21-7-5-16-3-1-2-4-19(16)28-21/h1-9,12,15,17,32H,10-11,13-14H2,(H,26,27,30). The lowest BCUT2D eigenvalue weighted by Crippen LogP contribution is -2.28. The Kier molecular flexibility index (Phi) is 4.84. The predicted molar refractivity (Wildman–Crippen MR) is 127 cm³/mol. The van der Waals surface area contributed by atoms with Crippen LogP contribution in [0.2, 0.25) is 0 Å². The van der Waals surface area contributed by atoms with E-state index in [9.17, 15) is 5.11 Å². The van der Waals surface area contributed by atoms with Crippen LogP contribution in [0, 0.1) is 0 Å². The van der Waals surface area contributed by atoms with Gasteiger partial charge in [0.05, 0.1) is 16.6 Å². The fraction of sp³-hybridized carbons (Fsp3) is 0.200. The molecule has 1 aliphatic heterocycles. The van der Waals surface area contributed by atoms with Crippen molar-refractivity contribution in [2.75, 3.05) is 18.5 Å². The van der Waals surface area contributed by atoms with Gasteiger partial charge in [-0.05, 0) is 43.2 Å². The number of fused-ring (bicyclic) bond motifs is 2. The van der Waals surface area contributed by atoms with E-state index in [1.807, 2.05) is 47.0 Å². The average Bonchev–Trinajstić information content (AvgIpc) is 3.23. The summed E-state index contributed by atoms with van der Waals surface area (Å²) >= 11 is 0. The lowest BCUT2D eigenvalue weighted by atomic mass is 10.1. The number of anilines is 1. The molecule has 8 heteroatoms. The maximum Gasteiger partial charge on any atom is 0.224 e. The monoisotopic (exact) mass is 438 g/mol. The molecule has 0 bridgehead atoms. The molecule has 2 N–H and O–H groups in total. The Bertz CT molecular complexity index is 1460. The lowest BCUT2D eigenvalue weighted by Gasteiger charge is -2.23. The molecule has 1 fully saturated rings. The Morgan fingerprint density at radius 1 is 0.909 bits per heavy atom. The molecule has 0 amide bonds. The van der Waals surface area contributed by atoms with Gasteiger partial charge in [-0.15, -0.1) is 0 Å². The molecule has 0 aliphatic carbocycles. The van der Waals surface area contributed by atoms with Gasteiger partial charge in [-0.2, -0.15) is 4.98 Å². The number of pyridine rings is 1. The minimum atomic E-state index is 0.163. The van der Waals surface area contributed by atoms with Crippen molar-refractivity contribution in [1.82, 2.24) is 24.5 Å². The van der Waals surface area contributed by atoms with E-state index >= 15 is 0 Å². The Hall–Kier alpha value is -4.04. The fourth-order valence-electron chi connectivity index (χ4n) is 4.23. The number of rotatable bonds is 4. The van der Waals surface area contributed by atoms with Gasteiger partial charge >= 0.3 is 0 Å². The van der Waals surface area contributed by atoms with E-state index in [2.05, 4.69) is 10.3 Å². The molecule has 5 aromatic rings. The van der Waals surface area contributed by atoms with Crippen LogP contribution in [0.5, 0.6) is 5.75 Å². The van der Waals surface area contributed by atoms with E-state index < -0.39 is 0 Å². The minimum Gasteiger partial charge on any atom is -0.508 e. The average molecular weight is 438 g/mol. The number of aromatic hydroxyl groups is 1. The van der Waals surface area contributed by atoms with E-state index in [0.717, 1.165) is 53.7 Å². The zero-order valence-electron chi connectivity index (χ0n) is 17.8. The SMILES string of the molecule is Oc1ccc2nc(-c3ccc4ccccc4n3)n(-c3ccnc(NC4CCOCC4)n3)c2c1. The van der Waals surface area contributed by atoms with Crippen LogP contribution in [0.3, 0.4) is 0 Å². The number of nitrogens with zero attached hydrogens (tertiary/aromatic N) is 5. The smallest absolute Gasteiger partial charge is 0.224 e. The molecule has 0 unspecified atom stereocenters. The van der Waals surface area contributed by atoms with Crippen LogP contribution < -0.4 is 5.32 Å². The second-order valence-electron chi connectivity index (χ2n) is 8.10. The van der Waals surface area contributed by atoms with Crippen molar-refractivity contribution in [1.29, 1.82) is 0 Å². The second kappa shape index (κ2) is 8.14. The van der Waals surface area contributed by atoms with Crippen molar-refractivity contribution in [3.05, 3.63) is 66.9 Å². The Morgan fingerprint density at radius 3 is 2.70 bits per heavy atom. The minimum absolute atomic E-state index is 0.163. The quantitative estimate of drug-likeness (QED) is 0.431. The molecule has 8 nitrogen and oxygen atoms in total. The molecule has 1 saturated heterocycles. The summed E-state index contributed by atoms with van der Waals surface area (Å²) in [7, 11) is 0. The molecule has 6 rings (SSSR count). The maximum absolute atomic E-state index is 10.2. The number of phenolic OH excluding ortho intramolecular Hbond substituents is 1. The van der Waals surface area contributed by atoms with Crippen LogP contribution >= 0.6 is 0 Å². The molecule has 1 aliphatic rings. The van der Waals surface area contributed by atoms with E-state index in [4.69, 9.17) is 19.7 Å². The largest absolute Gasteiger partial charge is 0.508 e. The summed E-state index contributed by atoms with van der Waals surface area (Å²) < 4.78 is 7.37. The molecule has 0 spiro atoms. The molecule has 2 aromatic carbocycles. The maximum atomic E-state index is 10.2. The van der Waals surface area contributed by atoms with Crippen LogP contribution in [0.15, 0.2) is 66.9 Å².